The molecular formula is C23H30N2O6. The molecule has 1 aromatic carbocycles. The van der Waals surface area contributed by atoms with Gasteiger partial charge in [0.1, 0.15) is 24.0 Å². The fourth-order valence-electron chi connectivity index (χ4n) is 2.93. The van der Waals surface area contributed by atoms with Crippen molar-refractivity contribution >= 4 is 11.9 Å². The summed E-state index contributed by atoms with van der Waals surface area (Å²) >= 11 is 0. The lowest BCUT2D eigenvalue weighted by Gasteiger charge is -2.26. The standard InChI is InChI=1S/C23H30N2O6/c1-5-6-12-18(16(3)30-17-10-8-7-9-11-17)31-23(28)15(2)25-22(27)20-21(26)19(29-4)13-14-24-20/h7-11,13-16,18,26H,5-6,12H2,1-4H3,(H,25,27)/t15-,16+,18-/m0/s1. The average molecular weight is 431 g/mol. The van der Waals surface area contributed by atoms with E-state index in [2.05, 4.69) is 17.2 Å². The SMILES string of the molecule is CCCC[C@H](OC(=O)[C@H](C)NC(=O)c1nccc(OC)c1O)[C@@H](C)Oc1ccccc1. The quantitative estimate of drug-likeness (QED) is 0.526. The van der Waals surface area contributed by atoms with E-state index < -0.39 is 29.8 Å². The number of ether oxygens (including phenoxy) is 3. The van der Waals surface area contributed by atoms with E-state index in [4.69, 9.17) is 14.2 Å². The minimum Gasteiger partial charge on any atom is -0.503 e. The second-order valence-electron chi connectivity index (χ2n) is 7.16. The number of methoxy groups -OCH3 is 1. The Morgan fingerprint density at radius 2 is 1.87 bits per heavy atom. The highest BCUT2D eigenvalue weighted by atomic mass is 16.6. The minimum atomic E-state index is -0.951. The fourth-order valence-corrected chi connectivity index (χ4v) is 2.93. The van der Waals surface area contributed by atoms with Crippen LogP contribution in [0.5, 0.6) is 17.2 Å². The monoisotopic (exact) mass is 430 g/mol. The van der Waals surface area contributed by atoms with Crippen molar-refractivity contribution in [2.75, 3.05) is 7.11 Å². The van der Waals surface area contributed by atoms with E-state index in [9.17, 15) is 14.7 Å². The number of nitrogens with zero attached hydrogens (tertiary/aromatic N) is 1. The number of amides is 1. The summed E-state index contributed by atoms with van der Waals surface area (Å²) in [6.45, 7) is 5.41. The fraction of sp³-hybridized carbons (Fsp3) is 0.435. The van der Waals surface area contributed by atoms with Gasteiger partial charge in [-0.3, -0.25) is 4.79 Å². The molecule has 0 saturated heterocycles. The van der Waals surface area contributed by atoms with Gasteiger partial charge in [-0.25, -0.2) is 9.78 Å². The summed E-state index contributed by atoms with van der Waals surface area (Å²) in [6, 6.07) is 9.79. The maximum atomic E-state index is 12.6. The summed E-state index contributed by atoms with van der Waals surface area (Å²) in [5.74, 6) is -0.899. The molecule has 0 saturated carbocycles. The van der Waals surface area contributed by atoms with Crippen LogP contribution in [0.3, 0.4) is 0 Å². The Morgan fingerprint density at radius 3 is 2.52 bits per heavy atom. The van der Waals surface area contributed by atoms with Crippen LogP contribution in [-0.2, 0) is 9.53 Å². The van der Waals surface area contributed by atoms with Crippen molar-refractivity contribution in [3.05, 3.63) is 48.3 Å². The Hall–Kier alpha value is -3.29. The number of hydrogen-bond acceptors (Lipinski definition) is 7. The predicted molar refractivity (Wildman–Crippen MR) is 115 cm³/mol. The predicted octanol–water partition coefficient (Wildman–Crippen LogP) is 3.48. The van der Waals surface area contributed by atoms with Gasteiger partial charge >= 0.3 is 5.97 Å². The lowest BCUT2D eigenvalue weighted by molar-refractivity contribution is -0.155. The minimum absolute atomic E-state index is 0.113. The first kappa shape index (κ1) is 24.0. The number of rotatable bonds is 11. The number of para-hydroxylation sites is 1. The van der Waals surface area contributed by atoms with Gasteiger partial charge in [0.15, 0.2) is 17.2 Å². The van der Waals surface area contributed by atoms with Crippen molar-refractivity contribution in [1.29, 1.82) is 0 Å². The Balaban J connectivity index is 2.02. The molecule has 0 fully saturated rings. The number of unbranched alkanes of at least 4 members (excludes halogenated alkanes) is 1. The molecule has 0 spiro atoms. The number of benzene rings is 1. The number of esters is 1. The molecule has 0 aliphatic heterocycles. The number of nitrogens with one attached hydrogen (secondary N) is 1. The van der Waals surface area contributed by atoms with Gasteiger partial charge in [-0.2, -0.15) is 0 Å². The van der Waals surface area contributed by atoms with Crippen molar-refractivity contribution in [2.24, 2.45) is 0 Å². The molecule has 0 aliphatic rings. The van der Waals surface area contributed by atoms with Gasteiger partial charge in [0.05, 0.1) is 7.11 Å². The Labute approximate surface area is 182 Å². The van der Waals surface area contributed by atoms with Crippen molar-refractivity contribution in [3.8, 4) is 17.2 Å². The molecule has 0 bridgehead atoms. The number of hydrogen-bond donors (Lipinski definition) is 2. The maximum absolute atomic E-state index is 12.6. The zero-order valence-corrected chi connectivity index (χ0v) is 18.3. The van der Waals surface area contributed by atoms with Gasteiger partial charge in [0.25, 0.3) is 5.91 Å². The number of pyridine rings is 1. The van der Waals surface area contributed by atoms with Gasteiger partial charge in [0.2, 0.25) is 0 Å². The molecule has 1 heterocycles. The topological polar surface area (TPSA) is 107 Å². The average Bonchev–Trinajstić information content (AvgIpc) is 2.77. The number of aromatic hydroxyl groups is 1. The molecule has 168 valence electrons. The molecule has 31 heavy (non-hydrogen) atoms. The van der Waals surface area contributed by atoms with Crippen molar-refractivity contribution in [1.82, 2.24) is 10.3 Å². The van der Waals surface area contributed by atoms with Gasteiger partial charge in [-0.1, -0.05) is 31.5 Å². The third-order valence-electron chi connectivity index (χ3n) is 4.72. The molecule has 0 aliphatic carbocycles. The first-order valence-corrected chi connectivity index (χ1v) is 10.3. The second-order valence-corrected chi connectivity index (χ2v) is 7.16. The zero-order valence-electron chi connectivity index (χ0n) is 18.3. The second kappa shape index (κ2) is 11.8. The van der Waals surface area contributed by atoms with Crippen LogP contribution in [0.25, 0.3) is 0 Å². The largest absolute Gasteiger partial charge is 0.503 e. The highest BCUT2D eigenvalue weighted by Crippen LogP contribution is 2.27. The van der Waals surface area contributed by atoms with E-state index in [1.54, 1.807) is 0 Å². The molecule has 2 rings (SSSR count). The van der Waals surface area contributed by atoms with E-state index in [-0.39, 0.29) is 17.5 Å². The number of carbonyl (C=O) groups excluding carboxylic acids is 2. The molecule has 0 unspecified atom stereocenters. The summed E-state index contributed by atoms with van der Waals surface area (Å²) in [7, 11) is 1.37. The first-order chi connectivity index (χ1) is 14.9. The van der Waals surface area contributed by atoms with Gasteiger partial charge in [-0.05, 0) is 38.8 Å². The highest BCUT2D eigenvalue weighted by molar-refractivity contribution is 5.97. The third kappa shape index (κ3) is 6.87. The van der Waals surface area contributed by atoms with Crippen LogP contribution in [-0.4, -0.2) is 47.3 Å². The van der Waals surface area contributed by atoms with E-state index in [0.29, 0.717) is 12.2 Å². The Bertz CT molecular complexity index is 858. The van der Waals surface area contributed by atoms with Crippen molar-refractivity contribution < 1.29 is 28.9 Å². The number of carbonyl (C=O) groups is 2. The molecule has 8 heteroatoms. The summed E-state index contributed by atoms with van der Waals surface area (Å²) in [6.07, 6.45) is 2.93. The van der Waals surface area contributed by atoms with Crippen LogP contribution < -0.4 is 14.8 Å². The Kier molecular flexibility index (Phi) is 9.12. The van der Waals surface area contributed by atoms with Gasteiger partial charge in [-0.15, -0.1) is 0 Å². The molecular weight excluding hydrogens is 400 g/mol. The third-order valence-corrected chi connectivity index (χ3v) is 4.72. The lowest BCUT2D eigenvalue weighted by atomic mass is 10.1. The first-order valence-electron chi connectivity index (χ1n) is 10.3. The molecule has 1 aromatic heterocycles. The van der Waals surface area contributed by atoms with Crippen molar-refractivity contribution in [2.45, 2.75) is 58.3 Å². The van der Waals surface area contributed by atoms with Crippen LogP contribution in [0.2, 0.25) is 0 Å². The highest BCUT2D eigenvalue weighted by Gasteiger charge is 2.27. The molecule has 8 nitrogen and oxygen atoms in total. The molecule has 0 radical (unpaired) electrons. The van der Waals surface area contributed by atoms with Crippen LogP contribution in [0.1, 0.15) is 50.5 Å². The van der Waals surface area contributed by atoms with Crippen LogP contribution >= 0.6 is 0 Å². The normalized spacial score (nSPS) is 13.5. The lowest BCUT2D eigenvalue weighted by Crippen LogP contribution is -2.43. The smallest absolute Gasteiger partial charge is 0.328 e. The van der Waals surface area contributed by atoms with E-state index in [1.165, 1.54) is 26.3 Å². The summed E-state index contributed by atoms with van der Waals surface area (Å²) in [4.78, 5) is 29.0. The maximum Gasteiger partial charge on any atom is 0.328 e. The zero-order chi connectivity index (χ0) is 22.8. The van der Waals surface area contributed by atoms with Crippen LogP contribution in [0.4, 0.5) is 0 Å². The molecule has 3 atom stereocenters. The van der Waals surface area contributed by atoms with Gasteiger partial charge < -0.3 is 24.6 Å². The summed E-state index contributed by atoms with van der Waals surface area (Å²) in [5.41, 5.74) is -0.234. The summed E-state index contributed by atoms with van der Waals surface area (Å²) < 4.78 is 16.6. The van der Waals surface area contributed by atoms with E-state index >= 15 is 0 Å². The number of aromatic nitrogens is 1. The van der Waals surface area contributed by atoms with Gasteiger partial charge in [0, 0.05) is 12.3 Å². The molecule has 2 N–H and O–H groups in total. The van der Waals surface area contributed by atoms with Crippen LogP contribution in [0, 0.1) is 0 Å². The molecule has 2 aromatic rings. The van der Waals surface area contributed by atoms with Crippen LogP contribution in [0.15, 0.2) is 42.6 Å². The Morgan fingerprint density at radius 1 is 1.16 bits per heavy atom. The summed E-state index contributed by atoms with van der Waals surface area (Å²) in [5, 5.41) is 12.6. The van der Waals surface area contributed by atoms with Crippen molar-refractivity contribution in [3.63, 3.8) is 0 Å². The van der Waals surface area contributed by atoms with E-state index in [0.717, 1.165) is 12.8 Å². The molecule has 1 amide bonds. The van der Waals surface area contributed by atoms with E-state index in [1.807, 2.05) is 37.3 Å².